The van der Waals surface area contributed by atoms with Gasteiger partial charge in [0.2, 0.25) is 0 Å². The fourth-order valence-corrected chi connectivity index (χ4v) is 4.13. The van der Waals surface area contributed by atoms with E-state index in [1.54, 1.807) is 31.2 Å². The Morgan fingerprint density at radius 3 is 2.42 bits per heavy atom. The Balaban J connectivity index is 2.19. The lowest BCUT2D eigenvalue weighted by Gasteiger charge is -2.16. The SMILES string of the molecule is CCC(C(=O)OC)n1c(=NC(=O)c2ccc(C)cc2)sc2cc(OC(F)(F)F)ccc21. The minimum atomic E-state index is -4.84. The summed E-state index contributed by atoms with van der Waals surface area (Å²) in [5, 5.41) is 0. The largest absolute Gasteiger partial charge is 0.573 e. The Hall–Kier alpha value is -3.14. The fraction of sp³-hybridized carbons (Fsp3) is 0.286. The minimum absolute atomic E-state index is 0.169. The number of rotatable bonds is 5. The van der Waals surface area contributed by atoms with Crippen LogP contribution in [0.1, 0.15) is 35.3 Å². The lowest BCUT2D eigenvalue weighted by molar-refractivity contribution is -0.274. The number of methoxy groups -OCH3 is 1. The summed E-state index contributed by atoms with van der Waals surface area (Å²) >= 11 is 0.982. The van der Waals surface area contributed by atoms with E-state index in [-0.39, 0.29) is 4.80 Å². The first-order valence-electron chi connectivity index (χ1n) is 9.27. The van der Waals surface area contributed by atoms with Gasteiger partial charge in [0.1, 0.15) is 11.8 Å². The highest BCUT2D eigenvalue weighted by atomic mass is 32.1. The van der Waals surface area contributed by atoms with Gasteiger partial charge < -0.3 is 14.0 Å². The van der Waals surface area contributed by atoms with Gasteiger partial charge >= 0.3 is 12.3 Å². The van der Waals surface area contributed by atoms with Crippen LogP contribution in [0.3, 0.4) is 0 Å². The highest BCUT2D eigenvalue weighted by molar-refractivity contribution is 7.16. The van der Waals surface area contributed by atoms with Crippen molar-refractivity contribution in [3.8, 4) is 5.75 Å². The molecule has 0 spiro atoms. The summed E-state index contributed by atoms with van der Waals surface area (Å²) in [5.41, 5.74) is 1.76. The lowest BCUT2D eigenvalue weighted by atomic mass is 10.1. The number of fused-ring (bicyclic) bond motifs is 1. The molecule has 2 aromatic carbocycles. The van der Waals surface area contributed by atoms with Gasteiger partial charge in [-0.1, -0.05) is 36.0 Å². The van der Waals surface area contributed by atoms with Crippen LogP contribution in [0.2, 0.25) is 0 Å². The predicted molar refractivity (Wildman–Crippen MR) is 109 cm³/mol. The second kappa shape index (κ2) is 8.93. The number of thiazole rings is 1. The third kappa shape index (κ3) is 5.13. The van der Waals surface area contributed by atoms with E-state index in [9.17, 15) is 22.8 Å². The number of carbonyl (C=O) groups excluding carboxylic acids is 2. The van der Waals surface area contributed by atoms with E-state index < -0.39 is 30.0 Å². The van der Waals surface area contributed by atoms with Crippen LogP contribution >= 0.6 is 11.3 Å². The van der Waals surface area contributed by atoms with Crippen LogP contribution < -0.4 is 9.54 Å². The zero-order valence-corrected chi connectivity index (χ0v) is 17.7. The number of alkyl halides is 3. The number of halogens is 3. The summed E-state index contributed by atoms with van der Waals surface area (Å²) < 4.78 is 48.5. The summed E-state index contributed by atoms with van der Waals surface area (Å²) in [7, 11) is 1.24. The van der Waals surface area contributed by atoms with Crippen molar-refractivity contribution in [1.82, 2.24) is 4.57 Å². The van der Waals surface area contributed by atoms with E-state index in [1.165, 1.54) is 23.8 Å². The molecule has 0 saturated carbocycles. The molecular formula is C21H19F3N2O4S. The number of nitrogens with zero attached hydrogens (tertiary/aromatic N) is 2. The van der Waals surface area contributed by atoms with E-state index in [0.717, 1.165) is 23.0 Å². The van der Waals surface area contributed by atoms with Crippen LogP contribution in [-0.4, -0.2) is 29.9 Å². The molecule has 0 aliphatic rings. The zero-order valence-electron chi connectivity index (χ0n) is 16.9. The van der Waals surface area contributed by atoms with Crippen LogP contribution in [0.4, 0.5) is 13.2 Å². The number of amides is 1. The molecule has 1 aromatic heterocycles. The number of esters is 1. The maximum absolute atomic E-state index is 12.7. The zero-order chi connectivity index (χ0) is 22.8. The number of hydrogen-bond acceptors (Lipinski definition) is 5. The van der Waals surface area contributed by atoms with Gasteiger partial charge in [0.15, 0.2) is 4.80 Å². The summed E-state index contributed by atoms with van der Waals surface area (Å²) in [6, 6.07) is 9.73. The minimum Gasteiger partial charge on any atom is -0.467 e. The van der Waals surface area contributed by atoms with Gasteiger partial charge in [-0.05, 0) is 43.7 Å². The topological polar surface area (TPSA) is 69.9 Å². The highest BCUT2D eigenvalue weighted by Gasteiger charge is 2.31. The second-order valence-electron chi connectivity index (χ2n) is 6.66. The number of benzene rings is 2. The molecule has 31 heavy (non-hydrogen) atoms. The molecule has 0 N–H and O–H groups in total. The summed E-state index contributed by atoms with van der Waals surface area (Å²) in [5.74, 6) is -1.50. The molecule has 0 bridgehead atoms. The number of aromatic nitrogens is 1. The molecule has 1 heterocycles. The Kier molecular flexibility index (Phi) is 6.49. The van der Waals surface area contributed by atoms with E-state index in [2.05, 4.69) is 9.73 Å². The van der Waals surface area contributed by atoms with Crippen molar-refractivity contribution < 1.29 is 32.2 Å². The lowest BCUT2D eigenvalue weighted by Crippen LogP contribution is -2.28. The molecule has 10 heteroatoms. The number of aryl methyl sites for hydroxylation is 1. The summed E-state index contributed by atoms with van der Waals surface area (Å²) in [6.45, 7) is 3.64. The van der Waals surface area contributed by atoms with Crippen LogP contribution in [-0.2, 0) is 9.53 Å². The predicted octanol–water partition coefficient (Wildman–Crippen LogP) is 4.78. The first-order valence-corrected chi connectivity index (χ1v) is 10.1. The molecule has 164 valence electrons. The number of carbonyl (C=O) groups is 2. The highest BCUT2D eigenvalue weighted by Crippen LogP contribution is 2.30. The fourth-order valence-electron chi connectivity index (χ4n) is 3.04. The normalized spacial score (nSPS) is 13.3. The first kappa shape index (κ1) is 22.5. The van der Waals surface area contributed by atoms with Crippen molar-refractivity contribution in [3.63, 3.8) is 0 Å². The van der Waals surface area contributed by atoms with Crippen molar-refractivity contribution in [1.29, 1.82) is 0 Å². The van der Waals surface area contributed by atoms with Gasteiger partial charge in [-0.25, -0.2) is 4.79 Å². The molecule has 1 unspecified atom stereocenters. The average Bonchev–Trinajstić information content (AvgIpc) is 3.04. The third-order valence-corrected chi connectivity index (χ3v) is 5.52. The van der Waals surface area contributed by atoms with E-state index in [4.69, 9.17) is 4.74 Å². The van der Waals surface area contributed by atoms with Gasteiger partial charge in [-0.2, -0.15) is 4.99 Å². The van der Waals surface area contributed by atoms with Crippen molar-refractivity contribution in [3.05, 3.63) is 58.4 Å². The van der Waals surface area contributed by atoms with Crippen LogP contribution in [0.15, 0.2) is 47.5 Å². The molecule has 0 saturated heterocycles. The van der Waals surface area contributed by atoms with Crippen LogP contribution in [0, 0.1) is 6.92 Å². The van der Waals surface area contributed by atoms with Gasteiger partial charge in [-0.3, -0.25) is 4.79 Å². The van der Waals surface area contributed by atoms with Gasteiger partial charge in [-0.15, -0.1) is 13.2 Å². The van der Waals surface area contributed by atoms with Gasteiger partial charge in [0, 0.05) is 5.56 Å². The van der Waals surface area contributed by atoms with Crippen LogP contribution in [0.5, 0.6) is 5.75 Å². The van der Waals surface area contributed by atoms with E-state index in [1.807, 2.05) is 6.92 Å². The van der Waals surface area contributed by atoms with Gasteiger partial charge in [0.05, 0.1) is 17.3 Å². The van der Waals surface area contributed by atoms with Crippen molar-refractivity contribution in [2.45, 2.75) is 32.7 Å². The number of ether oxygens (including phenoxy) is 2. The van der Waals surface area contributed by atoms with Gasteiger partial charge in [0.25, 0.3) is 5.91 Å². The molecule has 0 radical (unpaired) electrons. The Morgan fingerprint density at radius 1 is 1.16 bits per heavy atom. The maximum Gasteiger partial charge on any atom is 0.573 e. The summed E-state index contributed by atoms with van der Waals surface area (Å²) in [4.78, 5) is 29.4. The van der Waals surface area contributed by atoms with E-state index in [0.29, 0.717) is 22.2 Å². The molecular weight excluding hydrogens is 433 g/mol. The molecule has 3 aromatic rings. The van der Waals surface area contributed by atoms with Crippen molar-refractivity contribution in [2.75, 3.05) is 7.11 Å². The molecule has 6 nitrogen and oxygen atoms in total. The molecule has 0 aliphatic carbocycles. The van der Waals surface area contributed by atoms with Crippen LogP contribution in [0.25, 0.3) is 10.2 Å². The molecule has 0 fully saturated rings. The van der Waals surface area contributed by atoms with Crippen molar-refractivity contribution >= 4 is 33.4 Å². The number of hydrogen-bond donors (Lipinski definition) is 0. The smallest absolute Gasteiger partial charge is 0.467 e. The molecule has 3 rings (SSSR count). The summed E-state index contributed by atoms with van der Waals surface area (Å²) in [6.07, 6.45) is -4.52. The standard InChI is InChI=1S/C21H19F3N2O4S/c1-4-15(19(28)29-3)26-16-10-9-14(30-21(22,23)24)11-17(16)31-20(26)25-18(27)13-7-5-12(2)6-8-13/h5-11,15H,4H2,1-3H3. The first-order chi connectivity index (χ1) is 14.6. The second-order valence-corrected chi connectivity index (χ2v) is 7.67. The van der Waals surface area contributed by atoms with E-state index >= 15 is 0 Å². The average molecular weight is 452 g/mol. The molecule has 1 amide bonds. The molecule has 0 aliphatic heterocycles. The third-order valence-electron chi connectivity index (χ3n) is 4.50. The quantitative estimate of drug-likeness (QED) is 0.523. The molecule has 1 atom stereocenters. The Labute approximate surface area is 179 Å². The monoisotopic (exact) mass is 452 g/mol. The Morgan fingerprint density at radius 2 is 1.84 bits per heavy atom. The van der Waals surface area contributed by atoms with Crippen molar-refractivity contribution in [2.24, 2.45) is 4.99 Å². The maximum atomic E-state index is 12.7. The Bertz CT molecular complexity index is 1180.